The summed E-state index contributed by atoms with van der Waals surface area (Å²) in [6, 6.07) is -0.458. The van der Waals surface area contributed by atoms with Crippen LogP contribution < -0.4 is 11.1 Å². The molecule has 2 atom stereocenters. The van der Waals surface area contributed by atoms with Crippen molar-refractivity contribution in [2.75, 3.05) is 32.8 Å². The first-order valence-corrected chi connectivity index (χ1v) is 9.03. The number of nitrogens with zero attached hydrogens (tertiary/aromatic N) is 1. The van der Waals surface area contributed by atoms with E-state index in [0.29, 0.717) is 26.3 Å². The number of carbonyl (C=O) groups is 2. The zero-order valence-corrected chi connectivity index (χ0v) is 15.5. The molecule has 2 fully saturated rings. The van der Waals surface area contributed by atoms with Crippen molar-refractivity contribution in [1.82, 2.24) is 10.2 Å². The molecule has 0 radical (unpaired) electrons. The molecule has 2 saturated heterocycles. The maximum absolute atomic E-state index is 12.7. The molecule has 2 amide bonds. The lowest BCUT2D eigenvalue weighted by Crippen LogP contribution is -2.53. The molecule has 0 aromatic carbocycles. The minimum Gasteiger partial charge on any atom is -0.381 e. The number of nitrogens with one attached hydrogen (secondary N) is 1. The van der Waals surface area contributed by atoms with E-state index in [4.69, 9.17) is 10.5 Å². The molecule has 0 saturated carbocycles. The number of hydrogen-bond acceptors (Lipinski definition) is 4. The molecule has 24 heavy (non-hydrogen) atoms. The lowest BCUT2D eigenvalue weighted by atomic mass is 9.90. The molecule has 7 heteroatoms. The fourth-order valence-electron chi connectivity index (χ4n) is 3.41. The lowest BCUT2D eigenvalue weighted by molar-refractivity contribution is -0.138. The molecule has 0 aliphatic carbocycles. The minimum absolute atomic E-state index is 0. The van der Waals surface area contributed by atoms with Crippen LogP contribution in [-0.4, -0.2) is 55.6 Å². The van der Waals surface area contributed by atoms with Gasteiger partial charge in [-0.05, 0) is 38.0 Å². The van der Waals surface area contributed by atoms with Crippen LogP contribution >= 0.6 is 12.4 Å². The summed E-state index contributed by atoms with van der Waals surface area (Å²) in [5.74, 6) is 0.194. The highest BCUT2D eigenvalue weighted by Crippen LogP contribution is 2.22. The van der Waals surface area contributed by atoms with Crippen molar-refractivity contribution >= 4 is 24.2 Å². The fourth-order valence-corrected chi connectivity index (χ4v) is 3.41. The highest BCUT2D eigenvalue weighted by Gasteiger charge is 2.34. The van der Waals surface area contributed by atoms with Crippen molar-refractivity contribution in [2.45, 2.75) is 51.5 Å². The van der Waals surface area contributed by atoms with Crippen molar-refractivity contribution in [3.05, 3.63) is 0 Å². The third kappa shape index (κ3) is 5.90. The van der Waals surface area contributed by atoms with Gasteiger partial charge in [0, 0.05) is 32.8 Å². The Balaban J connectivity index is 0.00000288. The number of rotatable bonds is 6. The molecule has 2 aliphatic heterocycles. The lowest BCUT2D eigenvalue weighted by Gasteiger charge is -2.36. The van der Waals surface area contributed by atoms with E-state index in [1.54, 1.807) is 4.90 Å². The summed E-state index contributed by atoms with van der Waals surface area (Å²) in [4.78, 5) is 26.7. The summed E-state index contributed by atoms with van der Waals surface area (Å²) in [5, 5.41) is 2.98. The van der Waals surface area contributed by atoms with Gasteiger partial charge in [-0.25, -0.2) is 0 Å². The third-order valence-electron chi connectivity index (χ3n) is 4.99. The summed E-state index contributed by atoms with van der Waals surface area (Å²) >= 11 is 0. The maximum atomic E-state index is 12.7. The molecule has 6 nitrogen and oxygen atoms in total. The smallest absolute Gasteiger partial charge is 0.239 e. The molecule has 0 aromatic heterocycles. The number of unbranched alkanes of at least 4 members (excludes halogenated alkanes) is 1. The van der Waals surface area contributed by atoms with Crippen LogP contribution in [0.5, 0.6) is 0 Å². The number of ether oxygens (including phenoxy) is 1. The number of carbonyl (C=O) groups excluding carboxylic acids is 2. The van der Waals surface area contributed by atoms with Gasteiger partial charge in [-0.1, -0.05) is 13.3 Å². The monoisotopic (exact) mass is 361 g/mol. The first-order chi connectivity index (χ1) is 11.1. The van der Waals surface area contributed by atoms with E-state index in [1.807, 2.05) is 0 Å². The second-order valence-electron chi connectivity index (χ2n) is 6.74. The molecular weight excluding hydrogens is 330 g/mol. The zero-order chi connectivity index (χ0) is 16.7. The van der Waals surface area contributed by atoms with Crippen molar-refractivity contribution in [2.24, 2.45) is 17.6 Å². The number of hydrogen-bond donors (Lipinski definition) is 2. The summed E-state index contributed by atoms with van der Waals surface area (Å²) in [6.45, 7) is 5.43. The minimum atomic E-state index is -0.458. The predicted molar refractivity (Wildman–Crippen MR) is 96.0 cm³/mol. The van der Waals surface area contributed by atoms with Gasteiger partial charge in [-0.3, -0.25) is 9.59 Å². The molecule has 140 valence electrons. The van der Waals surface area contributed by atoms with E-state index in [0.717, 1.165) is 45.1 Å². The summed E-state index contributed by atoms with van der Waals surface area (Å²) in [6.07, 6.45) is 5.49. The summed E-state index contributed by atoms with van der Waals surface area (Å²) in [7, 11) is 0. The number of likely N-dealkylation sites (tertiary alicyclic amines) is 1. The molecule has 0 spiro atoms. The topological polar surface area (TPSA) is 84.7 Å². The van der Waals surface area contributed by atoms with Gasteiger partial charge in [-0.2, -0.15) is 0 Å². The second-order valence-corrected chi connectivity index (χ2v) is 6.74. The third-order valence-corrected chi connectivity index (χ3v) is 4.99. The van der Waals surface area contributed by atoms with E-state index in [9.17, 15) is 9.59 Å². The molecule has 2 rings (SSSR count). The van der Waals surface area contributed by atoms with Gasteiger partial charge >= 0.3 is 0 Å². The van der Waals surface area contributed by atoms with Gasteiger partial charge in [0.15, 0.2) is 0 Å². The van der Waals surface area contributed by atoms with Gasteiger partial charge in [0.05, 0.1) is 12.0 Å². The summed E-state index contributed by atoms with van der Waals surface area (Å²) < 4.78 is 5.34. The molecule has 2 unspecified atom stereocenters. The van der Waals surface area contributed by atoms with Crippen molar-refractivity contribution in [3.63, 3.8) is 0 Å². The van der Waals surface area contributed by atoms with Crippen LogP contribution in [0.1, 0.15) is 45.4 Å². The Morgan fingerprint density at radius 1 is 1.29 bits per heavy atom. The average molecular weight is 362 g/mol. The van der Waals surface area contributed by atoms with Crippen LogP contribution in [0.2, 0.25) is 0 Å². The zero-order valence-electron chi connectivity index (χ0n) is 14.7. The van der Waals surface area contributed by atoms with Gasteiger partial charge in [0.2, 0.25) is 11.8 Å². The average Bonchev–Trinajstić information content (AvgIpc) is 2.61. The van der Waals surface area contributed by atoms with Gasteiger partial charge in [0.25, 0.3) is 0 Å². The van der Waals surface area contributed by atoms with E-state index in [1.165, 1.54) is 0 Å². The first-order valence-electron chi connectivity index (χ1n) is 9.03. The fraction of sp³-hybridized carbons (Fsp3) is 0.882. The molecule has 0 bridgehead atoms. The van der Waals surface area contributed by atoms with Crippen LogP contribution in [0.3, 0.4) is 0 Å². The first kappa shape index (κ1) is 21.2. The van der Waals surface area contributed by atoms with Gasteiger partial charge in [-0.15, -0.1) is 12.4 Å². The van der Waals surface area contributed by atoms with Gasteiger partial charge in [0.1, 0.15) is 0 Å². The number of halogens is 1. The van der Waals surface area contributed by atoms with Crippen LogP contribution in [0, 0.1) is 11.8 Å². The van der Waals surface area contributed by atoms with Crippen LogP contribution in [-0.2, 0) is 14.3 Å². The predicted octanol–water partition coefficient (Wildman–Crippen LogP) is 1.32. The van der Waals surface area contributed by atoms with E-state index in [-0.39, 0.29) is 36.1 Å². The number of piperidine rings is 1. The Kier molecular flexibility index (Phi) is 9.63. The Bertz CT molecular complexity index is 403. The van der Waals surface area contributed by atoms with Crippen molar-refractivity contribution in [3.8, 4) is 0 Å². The Hall–Kier alpha value is -0.850. The van der Waals surface area contributed by atoms with E-state index < -0.39 is 6.04 Å². The standard InChI is InChI=1S/C17H31N3O3.ClH/c1-2-3-8-19-16(21)14-5-4-9-20(12-14)17(22)15(18)13-6-10-23-11-7-13;/h13-15H,2-12,18H2,1H3,(H,19,21);1H. The Morgan fingerprint density at radius 2 is 2.00 bits per heavy atom. The van der Waals surface area contributed by atoms with E-state index >= 15 is 0 Å². The quantitative estimate of drug-likeness (QED) is 0.699. The Morgan fingerprint density at radius 3 is 2.67 bits per heavy atom. The summed E-state index contributed by atoms with van der Waals surface area (Å²) in [5.41, 5.74) is 6.20. The normalized spacial score (nSPS) is 23.2. The SMILES string of the molecule is CCCCNC(=O)C1CCCN(C(=O)C(N)C2CCOCC2)C1.Cl. The molecule has 0 aromatic rings. The molecule has 2 aliphatic rings. The largest absolute Gasteiger partial charge is 0.381 e. The number of nitrogens with two attached hydrogens (primary N) is 1. The van der Waals surface area contributed by atoms with E-state index in [2.05, 4.69) is 12.2 Å². The van der Waals surface area contributed by atoms with Crippen LogP contribution in [0.4, 0.5) is 0 Å². The van der Waals surface area contributed by atoms with Crippen molar-refractivity contribution < 1.29 is 14.3 Å². The highest BCUT2D eigenvalue weighted by atomic mass is 35.5. The highest BCUT2D eigenvalue weighted by molar-refractivity contribution is 5.85. The van der Waals surface area contributed by atoms with Gasteiger partial charge < -0.3 is 20.7 Å². The molecular formula is C17H32ClN3O3. The van der Waals surface area contributed by atoms with Crippen LogP contribution in [0.15, 0.2) is 0 Å². The van der Waals surface area contributed by atoms with Crippen LogP contribution in [0.25, 0.3) is 0 Å². The Labute approximate surface area is 151 Å². The number of amides is 2. The molecule has 2 heterocycles. The second kappa shape index (κ2) is 10.9. The van der Waals surface area contributed by atoms with Crippen molar-refractivity contribution in [1.29, 1.82) is 0 Å². The maximum Gasteiger partial charge on any atom is 0.239 e. The molecule has 3 N–H and O–H groups in total.